The fraction of sp³-hybridized carbons (Fsp3) is 0.537. The average molecular weight is 804 g/mol. The molecule has 4 aliphatic heterocycles. The second kappa shape index (κ2) is 16.4. The third kappa shape index (κ3) is 8.54. The molecule has 306 valence electrons. The summed E-state index contributed by atoms with van der Waals surface area (Å²) >= 11 is 0. The summed E-state index contributed by atoms with van der Waals surface area (Å²) in [4.78, 5) is 41.1. The van der Waals surface area contributed by atoms with Crippen molar-refractivity contribution in [1.29, 1.82) is 0 Å². The predicted octanol–water partition coefficient (Wildman–Crippen LogP) is 4.26. The monoisotopic (exact) mass is 803 g/mol. The highest BCUT2D eigenvalue weighted by molar-refractivity contribution is 7.89. The average Bonchev–Trinajstić information content (AvgIpc) is 3.78. The number of nitrogens with zero attached hydrogens (tertiary/aromatic N) is 9. The smallest absolute Gasteiger partial charge is 0.282 e. The molecule has 3 aromatic rings. The van der Waals surface area contributed by atoms with Crippen LogP contribution in [0.3, 0.4) is 0 Å². The van der Waals surface area contributed by atoms with E-state index in [1.54, 1.807) is 32.3 Å². The van der Waals surface area contributed by atoms with Crippen molar-refractivity contribution in [3.05, 3.63) is 77.9 Å². The number of carbonyl (C=O) groups excluding carboxylic acids is 2. The van der Waals surface area contributed by atoms with Gasteiger partial charge in [-0.05, 0) is 110 Å². The van der Waals surface area contributed by atoms with Crippen LogP contribution in [0, 0.1) is 11.2 Å². The lowest BCUT2D eigenvalue weighted by molar-refractivity contribution is -0.127. The van der Waals surface area contributed by atoms with Gasteiger partial charge in [-0.3, -0.25) is 14.5 Å². The number of halogens is 1. The van der Waals surface area contributed by atoms with E-state index in [2.05, 4.69) is 25.0 Å². The van der Waals surface area contributed by atoms with Crippen molar-refractivity contribution < 1.29 is 27.1 Å². The number of hydrogen-bond acceptors (Lipinski definition) is 11. The third-order valence-corrected chi connectivity index (χ3v) is 13.6. The number of carbonyl (C=O) groups is 2. The summed E-state index contributed by atoms with van der Waals surface area (Å²) in [5, 5.41) is 8.17. The van der Waals surface area contributed by atoms with E-state index < -0.39 is 15.8 Å². The molecule has 2 atom stereocenters. The van der Waals surface area contributed by atoms with Crippen LogP contribution < -0.4 is 9.64 Å². The summed E-state index contributed by atoms with van der Waals surface area (Å²) < 4.78 is 49.5. The van der Waals surface area contributed by atoms with Crippen LogP contribution in [0.5, 0.6) is 11.6 Å². The van der Waals surface area contributed by atoms with Crippen LogP contribution in [0.15, 0.2) is 65.8 Å². The van der Waals surface area contributed by atoms with Crippen LogP contribution in [0.1, 0.15) is 62.9 Å². The van der Waals surface area contributed by atoms with Crippen molar-refractivity contribution in [3.63, 3.8) is 0 Å². The van der Waals surface area contributed by atoms with E-state index in [0.717, 1.165) is 51.1 Å². The Bertz CT molecular complexity index is 2070. The van der Waals surface area contributed by atoms with E-state index in [4.69, 9.17) is 4.74 Å². The van der Waals surface area contributed by atoms with Crippen LogP contribution in [-0.4, -0.2) is 143 Å². The Hall–Kier alpha value is -4.51. The molecule has 2 aromatic carbocycles. The van der Waals surface area contributed by atoms with Gasteiger partial charge in [0.05, 0.1) is 10.5 Å². The maximum absolute atomic E-state index is 14.4. The number of aromatic nitrogens is 3. The molecule has 2 bridgehead atoms. The minimum Gasteiger partial charge on any atom is -0.434 e. The summed E-state index contributed by atoms with van der Waals surface area (Å²) in [5.41, 5.74) is 1.28. The van der Waals surface area contributed by atoms with Crippen molar-refractivity contribution in [2.75, 3.05) is 64.8 Å². The lowest BCUT2D eigenvalue weighted by Crippen LogP contribution is -2.60. The fourth-order valence-corrected chi connectivity index (χ4v) is 10.5. The predicted molar refractivity (Wildman–Crippen MR) is 214 cm³/mol. The van der Waals surface area contributed by atoms with Crippen molar-refractivity contribution in [2.45, 2.75) is 82.6 Å². The zero-order valence-corrected chi connectivity index (χ0v) is 34.5. The molecule has 0 unspecified atom stereocenters. The van der Waals surface area contributed by atoms with Gasteiger partial charge in [-0.25, -0.2) is 17.8 Å². The largest absolute Gasteiger partial charge is 0.434 e. The van der Waals surface area contributed by atoms with E-state index in [1.165, 1.54) is 24.5 Å². The maximum atomic E-state index is 14.4. The Balaban J connectivity index is 0.919. The molecule has 57 heavy (non-hydrogen) atoms. The Kier molecular flexibility index (Phi) is 11.7. The number of hydrogen-bond donors (Lipinski definition) is 0. The lowest BCUT2D eigenvalue weighted by atomic mass is 9.72. The summed E-state index contributed by atoms with van der Waals surface area (Å²) in [7, 11) is 0.206. The first-order valence-electron chi connectivity index (χ1n) is 19.8. The highest BCUT2D eigenvalue weighted by Crippen LogP contribution is 2.45. The molecule has 4 fully saturated rings. The van der Waals surface area contributed by atoms with Crippen molar-refractivity contribution >= 4 is 27.7 Å². The lowest BCUT2D eigenvalue weighted by Gasteiger charge is -2.54. The van der Waals surface area contributed by atoms with Gasteiger partial charge in [0, 0.05) is 74.9 Å². The maximum Gasteiger partial charge on any atom is 0.282 e. The number of anilines is 1. The first-order chi connectivity index (χ1) is 27.1. The van der Waals surface area contributed by atoms with Gasteiger partial charge in [0.2, 0.25) is 15.9 Å². The number of fused-ring (bicyclic) bond motifs is 2. The van der Waals surface area contributed by atoms with Gasteiger partial charge in [0.15, 0.2) is 5.82 Å². The Morgan fingerprint density at radius 1 is 1.00 bits per heavy atom. The van der Waals surface area contributed by atoms with E-state index >= 15 is 0 Å². The van der Waals surface area contributed by atoms with E-state index in [0.29, 0.717) is 31.9 Å². The number of likely N-dealkylation sites (N-methyl/N-ethyl adjacent to an activating group) is 1. The molecule has 5 heterocycles. The minimum atomic E-state index is -3.68. The van der Waals surface area contributed by atoms with Crippen LogP contribution in [0.4, 0.5) is 10.2 Å². The minimum absolute atomic E-state index is 0.0570. The molecular formula is C41H54FN9O5S. The highest BCUT2D eigenvalue weighted by atomic mass is 32.2. The van der Waals surface area contributed by atoms with Crippen molar-refractivity contribution in [2.24, 2.45) is 5.41 Å². The Morgan fingerprint density at radius 2 is 1.70 bits per heavy atom. The number of ether oxygens (including phenoxy) is 1. The first kappa shape index (κ1) is 40.7. The summed E-state index contributed by atoms with van der Waals surface area (Å²) in [6, 6.07) is 10.7. The second-order valence-electron chi connectivity index (χ2n) is 16.8. The number of amides is 2. The molecule has 4 aliphatic rings. The zero-order valence-electron chi connectivity index (χ0n) is 33.7. The van der Waals surface area contributed by atoms with E-state index in [9.17, 15) is 22.4 Å². The van der Waals surface area contributed by atoms with Gasteiger partial charge in [0.25, 0.3) is 11.8 Å². The molecule has 16 heteroatoms. The summed E-state index contributed by atoms with van der Waals surface area (Å²) in [6.45, 7) is 13.2. The van der Waals surface area contributed by atoms with Gasteiger partial charge in [-0.15, -0.1) is 10.2 Å². The number of piperidine rings is 1. The standard InChI is InChI=1S/C41H54FN9O5S/c1-28(2)51(29(3)4)40(53)35-20-31(42)11-14-36(35)56-39-38(43-27-44-45-39)48-25-41(26-48)15-18-47(19-16-41)22-30-9-12-34(13-10-30)57(54,55)50-24-32-21-33(50)23-49(32)37(52)8-7-17-46(5)6/h7-14,20,27-29,32-33H,15-19,21-26H2,1-6H3/b8-7+/t32-,33-/m0/s1. The van der Waals surface area contributed by atoms with Crippen LogP contribution in [0.2, 0.25) is 0 Å². The first-order valence-corrected chi connectivity index (χ1v) is 21.3. The van der Waals surface area contributed by atoms with Crippen LogP contribution >= 0.6 is 0 Å². The number of benzene rings is 2. The van der Waals surface area contributed by atoms with Gasteiger partial charge >= 0.3 is 0 Å². The Morgan fingerprint density at radius 3 is 2.33 bits per heavy atom. The van der Waals surface area contributed by atoms with Gasteiger partial charge in [-0.1, -0.05) is 18.2 Å². The SMILES string of the molecule is CC(C)N(C(=O)c1cc(F)ccc1Oc1nncnc1N1CC2(CCN(Cc3ccc(S(=O)(=O)N4C[C@@H]5C[C@H]4CN5C(=O)/C=C/CN(C)C)cc3)CC2)C1)C(C)C. The molecule has 1 aromatic heterocycles. The van der Waals surface area contributed by atoms with Gasteiger partial charge in [0.1, 0.15) is 17.9 Å². The molecule has 0 aliphatic carbocycles. The molecule has 0 N–H and O–H groups in total. The fourth-order valence-electron chi connectivity index (χ4n) is 8.84. The molecule has 4 saturated heterocycles. The number of sulfonamides is 1. The normalized spacial score (nSPS) is 21.0. The summed E-state index contributed by atoms with van der Waals surface area (Å²) in [6.07, 6.45) is 7.46. The molecule has 1 spiro atoms. The van der Waals surface area contributed by atoms with Crippen molar-refractivity contribution in [3.8, 4) is 11.6 Å². The highest BCUT2D eigenvalue weighted by Gasteiger charge is 2.50. The molecule has 0 saturated carbocycles. The van der Waals surface area contributed by atoms with E-state index in [1.807, 2.05) is 64.9 Å². The number of piperazine rings is 1. The number of rotatable bonds is 13. The molecular weight excluding hydrogens is 750 g/mol. The number of likely N-dealkylation sites (tertiary alicyclic amines) is 2. The molecule has 14 nitrogen and oxygen atoms in total. The topological polar surface area (TPSA) is 136 Å². The molecule has 2 amide bonds. The zero-order chi connectivity index (χ0) is 40.6. The van der Waals surface area contributed by atoms with Crippen LogP contribution in [0.25, 0.3) is 0 Å². The molecule has 0 radical (unpaired) electrons. The van der Waals surface area contributed by atoms with Crippen molar-refractivity contribution in [1.82, 2.24) is 39.1 Å². The van der Waals surface area contributed by atoms with Gasteiger partial charge < -0.3 is 24.3 Å². The van der Waals surface area contributed by atoms with Crippen LogP contribution in [-0.2, 0) is 21.4 Å². The Labute approximate surface area is 335 Å². The van der Waals surface area contributed by atoms with Gasteiger partial charge in [-0.2, -0.15) is 4.31 Å². The second-order valence-corrected chi connectivity index (χ2v) is 18.7. The summed E-state index contributed by atoms with van der Waals surface area (Å²) in [5.74, 6) is -0.0387. The quantitative estimate of drug-likeness (QED) is 0.230. The van der Waals surface area contributed by atoms with E-state index in [-0.39, 0.29) is 63.5 Å². The molecule has 7 rings (SSSR count). The third-order valence-electron chi connectivity index (χ3n) is 11.7.